The molecule has 124 valence electrons. The van der Waals surface area contributed by atoms with Crippen molar-refractivity contribution in [1.29, 1.82) is 0 Å². The number of hydrogen-bond donors (Lipinski definition) is 0. The molecule has 2 heterocycles. The van der Waals surface area contributed by atoms with Gasteiger partial charge in [0.2, 0.25) is 20.9 Å². The van der Waals surface area contributed by atoms with Crippen LogP contribution in [0.1, 0.15) is 35.0 Å². The standard InChI is InChI=1S/C16H16N4O3S/c1-11-9-17-16(18-10-11)24(21,22)12(2)15-19-14(20-23-15)8-13-6-4-3-5-7-13/h3-7,9-10,12H,8H2,1-2H3. The summed E-state index contributed by atoms with van der Waals surface area (Å²) in [7, 11) is -3.79. The second-order valence-electron chi connectivity index (χ2n) is 5.44. The molecular formula is C16H16N4O3S. The van der Waals surface area contributed by atoms with E-state index in [4.69, 9.17) is 4.52 Å². The maximum Gasteiger partial charge on any atom is 0.247 e. The zero-order valence-corrected chi connectivity index (χ0v) is 14.1. The molecule has 0 fully saturated rings. The summed E-state index contributed by atoms with van der Waals surface area (Å²) in [5, 5.41) is 2.60. The minimum absolute atomic E-state index is 0.0325. The summed E-state index contributed by atoms with van der Waals surface area (Å²) in [6.07, 6.45) is 3.39. The Hall–Kier alpha value is -2.61. The van der Waals surface area contributed by atoms with E-state index >= 15 is 0 Å². The van der Waals surface area contributed by atoms with Gasteiger partial charge in [-0.05, 0) is 25.0 Å². The summed E-state index contributed by atoms with van der Waals surface area (Å²) in [5.74, 6) is 0.466. The number of nitrogens with zero attached hydrogens (tertiary/aromatic N) is 4. The third kappa shape index (κ3) is 3.33. The highest BCUT2D eigenvalue weighted by Gasteiger charge is 2.32. The Balaban J connectivity index is 1.82. The fourth-order valence-electron chi connectivity index (χ4n) is 2.10. The van der Waals surface area contributed by atoms with Gasteiger partial charge in [0.15, 0.2) is 5.82 Å². The highest BCUT2D eigenvalue weighted by Crippen LogP contribution is 2.25. The van der Waals surface area contributed by atoms with Crippen molar-refractivity contribution >= 4 is 9.84 Å². The maximum atomic E-state index is 12.6. The van der Waals surface area contributed by atoms with Crippen molar-refractivity contribution in [2.45, 2.75) is 30.7 Å². The smallest absolute Gasteiger partial charge is 0.247 e. The summed E-state index contributed by atoms with van der Waals surface area (Å²) < 4.78 is 30.3. The molecule has 3 aromatic rings. The van der Waals surface area contributed by atoms with Crippen molar-refractivity contribution in [2.24, 2.45) is 0 Å². The molecule has 24 heavy (non-hydrogen) atoms. The molecule has 0 bridgehead atoms. The van der Waals surface area contributed by atoms with Gasteiger partial charge in [0.05, 0.1) is 0 Å². The molecule has 0 spiro atoms. The molecule has 2 aromatic heterocycles. The van der Waals surface area contributed by atoms with E-state index in [1.807, 2.05) is 30.3 Å². The van der Waals surface area contributed by atoms with Crippen molar-refractivity contribution in [1.82, 2.24) is 20.1 Å². The third-order valence-electron chi connectivity index (χ3n) is 3.51. The monoisotopic (exact) mass is 344 g/mol. The lowest BCUT2D eigenvalue weighted by Gasteiger charge is -2.07. The van der Waals surface area contributed by atoms with Crippen LogP contribution in [0.3, 0.4) is 0 Å². The SMILES string of the molecule is Cc1cnc(S(=O)(=O)C(C)c2nc(Cc3ccccc3)no2)nc1. The molecule has 1 unspecified atom stereocenters. The molecule has 0 aliphatic heterocycles. The molecule has 0 radical (unpaired) electrons. The predicted octanol–water partition coefficient (Wildman–Crippen LogP) is 2.29. The number of aromatic nitrogens is 4. The highest BCUT2D eigenvalue weighted by atomic mass is 32.2. The van der Waals surface area contributed by atoms with Crippen LogP contribution in [0.15, 0.2) is 52.4 Å². The Labute approximate surface area is 139 Å². The average molecular weight is 344 g/mol. The van der Waals surface area contributed by atoms with Crippen molar-refractivity contribution in [3.63, 3.8) is 0 Å². The van der Waals surface area contributed by atoms with Crippen LogP contribution in [0.2, 0.25) is 0 Å². The van der Waals surface area contributed by atoms with Gasteiger partial charge < -0.3 is 4.52 Å². The molecule has 0 saturated carbocycles. The molecule has 0 aliphatic rings. The lowest BCUT2D eigenvalue weighted by atomic mass is 10.1. The third-order valence-corrected chi connectivity index (χ3v) is 5.37. The van der Waals surface area contributed by atoms with E-state index in [2.05, 4.69) is 20.1 Å². The molecule has 8 heteroatoms. The molecule has 0 saturated heterocycles. The van der Waals surface area contributed by atoms with Crippen LogP contribution >= 0.6 is 0 Å². The summed E-state index contributed by atoms with van der Waals surface area (Å²) >= 11 is 0. The number of benzene rings is 1. The van der Waals surface area contributed by atoms with Gasteiger partial charge in [-0.1, -0.05) is 35.5 Å². The second-order valence-corrected chi connectivity index (χ2v) is 7.60. The van der Waals surface area contributed by atoms with Crippen molar-refractivity contribution in [3.05, 3.63) is 65.6 Å². The van der Waals surface area contributed by atoms with Gasteiger partial charge >= 0.3 is 0 Å². The average Bonchev–Trinajstić information content (AvgIpc) is 3.04. The number of rotatable bonds is 5. The lowest BCUT2D eigenvalue weighted by Crippen LogP contribution is -2.14. The summed E-state index contributed by atoms with van der Waals surface area (Å²) in [5.41, 5.74) is 1.80. The Morgan fingerprint density at radius 3 is 2.46 bits per heavy atom. The van der Waals surface area contributed by atoms with E-state index in [9.17, 15) is 8.42 Å². The number of hydrogen-bond acceptors (Lipinski definition) is 7. The van der Waals surface area contributed by atoms with Gasteiger partial charge in [0.1, 0.15) is 5.25 Å². The van der Waals surface area contributed by atoms with E-state index < -0.39 is 15.1 Å². The van der Waals surface area contributed by atoms with E-state index in [1.54, 1.807) is 6.92 Å². The fourth-order valence-corrected chi connectivity index (χ4v) is 3.18. The van der Waals surface area contributed by atoms with E-state index in [0.717, 1.165) is 11.1 Å². The maximum absolute atomic E-state index is 12.6. The van der Waals surface area contributed by atoms with Crippen LogP contribution in [0.25, 0.3) is 0 Å². The zero-order chi connectivity index (χ0) is 17.2. The van der Waals surface area contributed by atoms with Gasteiger partial charge in [0.25, 0.3) is 0 Å². The van der Waals surface area contributed by atoms with Crippen molar-refractivity contribution in [2.75, 3.05) is 0 Å². The molecular weight excluding hydrogens is 328 g/mol. The van der Waals surface area contributed by atoms with Gasteiger partial charge in [-0.15, -0.1) is 0 Å². The second kappa shape index (κ2) is 6.48. The van der Waals surface area contributed by atoms with Gasteiger partial charge in [-0.2, -0.15) is 4.98 Å². The molecule has 1 aromatic carbocycles. The quantitative estimate of drug-likeness (QED) is 0.655. The lowest BCUT2D eigenvalue weighted by molar-refractivity contribution is 0.371. The van der Waals surface area contributed by atoms with Crippen LogP contribution in [0.5, 0.6) is 0 Å². The normalized spacial score (nSPS) is 12.9. The molecule has 0 amide bonds. The van der Waals surface area contributed by atoms with Crippen LogP contribution in [0.4, 0.5) is 0 Å². The Bertz CT molecular complexity index is 921. The first-order valence-electron chi connectivity index (χ1n) is 7.36. The van der Waals surface area contributed by atoms with E-state index in [-0.39, 0.29) is 11.0 Å². The molecule has 1 atom stereocenters. The molecule has 0 N–H and O–H groups in total. The minimum Gasteiger partial charge on any atom is -0.338 e. The van der Waals surface area contributed by atoms with E-state index in [1.165, 1.54) is 19.3 Å². The summed E-state index contributed by atoms with van der Waals surface area (Å²) in [4.78, 5) is 12.0. The largest absolute Gasteiger partial charge is 0.338 e. The van der Waals surface area contributed by atoms with Crippen LogP contribution < -0.4 is 0 Å². The zero-order valence-electron chi connectivity index (χ0n) is 13.2. The molecule has 7 nitrogen and oxygen atoms in total. The van der Waals surface area contributed by atoms with Gasteiger partial charge in [-0.3, -0.25) is 0 Å². The summed E-state index contributed by atoms with van der Waals surface area (Å²) in [6.45, 7) is 3.27. The Morgan fingerprint density at radius 2 is 1.79 bits per heavy atom. The van der Waals surface area contributed by atoms with Crippen LogP contribution in [-0.2, 0) is 16.3 Å². The number of sulfone groups is 1. The fraction of sp³-hybridized carbons (Fsp3) is 0.250. The van der Waals surface area contributed by atoms with Gasteiger partial charge in [0, 0.05) is 18.8 Å². The van der Waals surface area contributed by atoms with Crippen LogP contribution in [-0.4, -0.2) is 28.5 Å². The van der Waals surface area contributed by atoms with Crippen molar-refractivity contribution < 1.29 is 12.9 Å². The Kier molecular flexibility index (Phi) is 4.39. The number of aryl methyl sites for hydroxylation is 1. The van der Waals surface area contributed by atoms with Crippen molar-refractivity contribution in [3.8, 4) is 0 Å². The first-order valence-corrected chi connectivity index (χ1v) is 8.90. The first kappa shape index (κ1) is 16.3. The minimum atomic E-state index is -3.79. The molecule has 0 aliphatic carbocycles. The van der Waals surface area contributed by atoms with Gasteiger partial charge in [-0.25, -0.2) is 18.4 Å². The Morgan fingerprint density at radius 1 is 1.12 bits per heavy atom. The van der Waals surface area contributed by atoms with E-state index in [0.29, 0.717) is 12.2 Å². The predicted molar refractivity (Wildman–Crippen MR) is 85.9 cm³/mol. The topological polar surface area (TPSA) is 98.8 Å². The summed E-state index contributed by atoms with van der Waals surface area (Å²) in [6, 6.07) is 9.63. The first-order chi connectivity index (χ1) is 11.5. The highest BCUT2D eigenvalue weighted by molar-refractivity contribution is 7.91. The molecule has 3 rings (SSSR count). The van der Waals surface area contributed by atoms with Crippen LogP contribution in [0, 0.1) is 6.92 Å².